The Hall–Kier alpha value is -1.31. The van der Waals surface area contributed by atoms with Gasteiger partial charge in [0.05, 0.1) is 6.54 Å². The summed E-state index contributed by atoms with van der Waals surface area (Å²) in [5, 5.41) is 4.81. The van der Waals surface area contributed by atoms with E-state index in [1.54, 1.807) is 12.1 Å². The minimum Gasteiger partial charge on any atom is -0.486 e. The monoisotopic (exact) mass is 244 g/mol. The Balaban J connectivity index is 1.98. The largest absolute Gasteiger partial charge is 0.486 e. The van der Waals surface area contributed by atoms with Gasteiger partial charge in [-0.25, -0.2) is 5.14 Å². The van der Waals surface area contributed by atoms with E-state index in [1.165, 1.54) is 0 Å². The molecule has 2 rings (SSSR count). The highest BCUT2D eigenvalue weighted by atomic mass is 32.2. The van der Waals surface area contributed by atoms with Gasteiger partial charge in [-0.2, -0.15) is 13.1 Å². The molecule has 88 valence electrons. The molecule has 1 atom stereocenters. The zero-order valence-electron chi connectivity index (χ0n) is 8.42. The number of rotatable bonds is 3. The maximum Gasteiger partial charge on any atom is 0.274 e. The second kappa shape index (κ2) is 4.28. The van der Waals surface area contributed by atoms with Crippen molar-refractivity contribution in [1.29, 1.82) is 0 Å². The van der Waals surface area contributed by atoms with Crippen molar-refractivity contribution in [3.8, 4) is 11.5 Å². The van der Waals surface area contributed by atoms with E-state index in [1.807, 2.05) is 12.1 Å². The SMILES string of the molecule is NS(=O)(=O)NC[C@@H]1COc2ccccc2O1. The molecule has 3 N–H and O–H groups in total. The Morgan fingerprint density at radius 3 is 2.75 bits per heavy atom. The van der Waals surface area contributed by atoms with Crippen molar-refractivity contribution >= 4 is 10.2 Å². The van der Waals surface area contributed by atoms with E-state index in [4.69, 9.17) is 14.6 Å². The Bertz CT molecular complexity index is 474. The maximum absolute atomic E-state index is 10.7. The van der Waals surface area contributed by atoms with Gasteiger partial charge in [0.15, 0.2) is 11.5 Å². The van der Waals surface area contributed by atoms with Gasteiger partial charge in [0.25, 0.3) is 10.2 Å². The van der Waals surface area contributed by atoms with E-state index in [0.717, 1.165) is 0 Å². The number of ether oxygens (including phenoxy) is 2. The lowest BCUT2D eigenvalue weighted by Crippen LogP contribution is -2.42. The maximum atomic E-state index is 10.7. The molecule has 0 saturated carbocycles. The first-order valence-corrected chi connectivity index (χ1v) is 6.25. The Morgan fingerprint density at radius 1 is 1.38 bits per heavy atom. The number of hydrogen-bond donors (Lipinski definition) is 2. The van der Waals surface area contributed by atoms with Crippen LogP contribution in [0.4, 0.5) is 0 Å². The van der Waals surface area contributed by atoms with Crippen molar-refractivity contribution in [2.75, 3.05) is 13.2 Å². The van der Waals surface area contributed by atoms with Crippen LogP contribution in [-0.2, 0) is 10.2 Å². The molecule has 0 fully saturated rings. The van der Waals surface area contributed by atoms with E-state index in [-0.39, 0.29) is 12.6 Å². The molecule has 6 nitrogen and oxygen atoms in total. The molecule has 0 unspecified atom stereocenters. The lowest BCUT2D eigenvalue weighted by atomic mass is 10.2. The predicted octanol–water partition coefficient (Wildman–Crippen LogP) is -0.380. The van der Waals surface area contributed by atoms with Crippen LogP contribution >= 0.6 is 0 Å². The van der Waals surface area contributed by atoms with Gasteiger partial charge < -0.3 is 9.47 Å². The summed E-state index contributed by atoms with van der Waals surface area (Å²) >= 11 is 0. The number of benzene rings is 1. The zero-order valence-corrected chi connectivity index (χ0v) is 9.24. The van der Waals surface area contributed by atoms with Crippen LogP contribution in [0.2, 0.25) is 0 Å². The van der Waals surface area contributed by atoms with Crippen molar-refractivity contribution < 1.29 is 17.9 Å². The Kier molecular flexibility index (Phi) is 2.99. The molecule has 7 heteroatoms. The van der Waals surface area contributed by atoms with E-state index in [9.17, 15) is 8.42 Å². The molecule has 0 spiro atoms. The summed E-state index contributed by atoms with van der Waals surface area (Å²) in [6.45, 7) is 0.382. The average Bonchev–Trinajstić information content (AvgIpc) is 2.25. The molecule has 0 aliphatic carbocycles. The van der Waals surface area contributed by atoms with Crippen LogP contribution < -0.4 is 19.3 Å². The van der Waals surface area contributed by atoms with Crippen molar-refractivity contribution in [2.24, 2.45) is 5.14 Å². The second-order valence-corrected chi connectivity index (χ2v) is 4.77. The molecule has 0 aromatic heterocycles. The summed E-state index contributed by atoms with van der Waals surface area (Å²) in [7, 11) is -3.69. The number of hydrogen-bond acceptors (Lipinski definition) is 4. The fourth-order valence-corrected chi connectivity index (χ4v) is 1.79. The van der Waals surface area contributed by atoms with Crippen LogP contribution in [0, 0.1) is 0 Å². The third-order valence-corrected chi connectivity index (χ3v) is 2.65. The standard InChI is InChI=1S/C9H12N2O4S/c10-16(12,13)11-5-7-6-14-8-3-1-2-4-9(8)15-7/h1-4,7,11H,5-6H2,(H2,10,12,13)/t7-/m1/s1. The van der Waals surface area contributed by atoms with Gasteiger partial charge in [0.1, 0.15) is 12.7 Å². The number of nitrogens with two attached hydrogens (primary N) is 1. The first-order valence-electron chi connectivity index (χ1n) is 4.70. The molecular weight excluding hydrogens is 232 g/mol. The number of nitrogens with one attached hydrogen (secondary N) is 1. The molecule has 0 amide bonds. The first kappa shape index (κ1) is 11.2. The lowest BCUT2D eigenvalue weighted by Gasteiger charge is -2.26. The summed E-state index contributed by atoms with van der Waals surface area (Å²) in [6.07, 6.45) is -0.367. The lowest BCUT2D eigenvalue weighted by molar-refractivity contribution is 0.0943. The predicted molar refractivity (Wildman–Crippen MR) is 57.5 cm³/mol. The fraction of sp³-hybridized carbons (Fsp3) is 0.333. The third-order valence-electron chi connectivity index (χ3n) is 2.08. The molecule has 1 aromatic carbocycles. The molecule has 0 bridgehead atoms. The van der Waals surface area contributed by atoms with Gasteiger partial charge in [-0.05, 0) is 12.1 Å². The minimum absolute atomic E-state index is 0.0904. The van der Waals surface area contributed by atoms with Gasteiger partial charge in [-0.3, -0.25) is 0 Å². The third kappa shape index (κ3) is 2.84. The minimum atomic E-state index is -3.69. The van der Waals surface area contributed by atoms with Crippen molar-refractivity contribution in [1.82, 2.24) is 4.72 Å². The molecule has 0 saturated heterocycles. The van der Waals surface area contributed by atoms with Crippen molar-refractivity contribution in [3.63, 3.8) is 0 Å². The molecule has 1 aliphatic heterocycles. The van der Waals surface area contributed by atoms with E-state index in [2.05, 4.69) is 4.72 Å². The fourth-order valence-electron chi connectivity index (χ4n) is 1.37. The van der Waals surface area contributed by atoms with Gasteiger partial charge in [-0.1, -0.05) is 12.1 Å². The quantitative estimate of drug-likeness (QED) is 0.758. The van der Waals surface area contributed by atoms with E-state index in [0.29, 0.717) is 18.1 Å². The topological polar surface area (TPSA) is 90.7 Å². The molecule has 16 heavy (non-hydrogen) atoms. The van der Waals surface area contributed by atoms with Crippen molar-refractivity contribution in [3.05, 3.63) is 24.3 Å². The van der Waals surface area contributed by atoms with E-state index < -0.39 is 10.2 Å². The zero-order chi connectivity index (χ0) is 11.6. The van der Waals surface area contributed by atoms with Gasteiger partial charge >= 0.3 is 0 Å². The summed E-state index contributed by atoms with van der Waals surface area (Å²) in [5.74, 6) is 1.27. The van der Waals surface area contributed by atoms with Gasteiger partial charge in [0.2, 0.25) is 0 Å². The Labute approximate surface area is 93.5 Å². The first-order chi connectivity index (χ1) is 7.54. The molecular formula is C9H12N2O4S. The molecule has 1 aliphatic rings. The van der Waals surface area contributed by atoms with Crippen LogP contribution in [0.3, 0.4) is 0 Å². The molecule has 1 heterocycles. The van der Waals surface area contributed by atoms with Crippen LogP contribution in [0.5, 0.6) is 11.5 Å². The van der Waals surface area contributed by atoms with Gasteiger partial charge in [0, 0.05) is 0 Å². The average molecular weight is 244 g/mol. The Morgan fingerprint density at radius 2 is 2.06 bits per heavy atom. The number of para-hydroxylation sites is 2. The highest BCUT2D eigenvalue weighted by molar-refractivity contribution is 7.87. The summed E-state index contributed by atoms with van der Waals surface area (Å²) in [5.41, 5.74) is 0. The summed E-state index contributed by atoms with van der Waals surface area (Å²) < 4.78 is 34.5. The van der Waals surface area contributed by atoms with Crippen LogP contribution in [0.1, 0.15) is 0 Å². The summed E-state index contributed by atoms with van der Waals surface area (Å²) in [6, 6.07) is 7.21. The molecule has 0 radical (unpaired) electrons. The smallest absolute Gasteiger partial charge is 0.274 e. The van der Waals surface area contributed by atoms with Gasteiger partial charge in [-0.15, -0.1) is 0 Å². The highest BCUT2D eigenvalue weighted by Gasteiger charge is 2.21. The van der Waals surface area contributed by atoms with Crippen LogP contribution in [0.25, 0.3) is 0 Å². The number of fused-ring (bicyclic) bond motifs is 1. The normalized spacial score (nSPS) is 19.4. The highest BCUT2D eigenvalue weighted by Crippen LogP contribution is 2.30. The van der Waals surface area contributed by atoms with Crippen molar-refractivity contribution in [2.45, 2.75) is 6.10 Å². The van der Waals surface area contributed by atoms with E-state index >= 15 is 0 Å². The van der Waals surface area contributed by atoms with Crippen LogP contribution in [0.15, 0.2) is 24.3 Å². The van der Waals surface area contributed by atoms with Crippen LogP contribution in [-0.4, -0.2) is 27.7 Å². The molecule has 1 aromatic rings. The second-order valence-electron chi connectivity index (χ2n) is 3.39. The summed E-state index contributed by atoms with van der Waals surface area (Å²) in [4.78, 5) is 0.